The molecule has 346 valence electrons. The van der Waals surface area contributed by atoms with E-state index in [9.17, 15) is 36.0 Å². The summed E-state index contributed by atoms with van der Waals surface area (Å²) in [6.45, 7) is 4.68. The molecule has 1 saturated heterocycles. The van der Waals surface area contributed by atoms with E-state index in [2.05, 4.69) is 20.5 Å². The number of anilines is 1. The summed E-state index contributed by atoms with van der Waals surface area (Å²) in [5, 5.41) is 1.01. The minimum Gasteiger partial charge on any atom is -0.469 e. The lowest BCUT2D eigenvalue weighted by Crippen LogP contribution is -2.39. The van der Waals surface area contributed by atoms with Gasteiger partial charge in [-0.1, -0.05) is 66.7 Å². The Kier molecular flexibility index (Phi) is 14.8. The number of ether oxygens (including phenoxy) is 2. The third-order valence-electron chi connectivity index (χ3n) is 11.2. The van der Waals surface area contributed by atoms with Gasteiger partial charge in [0.25, 0.3) is 31.9 Å². The molecule has 6 aromatic rings. The summed E-state index contributed by atoms with van der Waals surface area (Å²) in [5.41, 5.74) is 11.2. The average molecular weight is 939 g/mol. The summed E-state index contributed by atoms with van der Waals surface area (Å²) in [5.74, 6) is 0.0696. The number of esters is 1. The molecule has 3 aliphatic rings. The summed E-state index contributed by atoms with van der Waals surface area (Å²) in [6, 6.07) is 28.0. The molecular weight excluding hydrogens is 889 g/mol. The van der Waals surface area contributed by atoms with Crippen molar-refractivity contribution in [3.8, 4) is 0 Å². The Hall–Kier alpha value is -6.74. The van der Waals surface area contributed by atoms with Crippen molar-refractivity contribution in [2.24, 2.45) is 0 Å². The summed E-state index contributed by atoms with van der Waals surface area (Å²) in [7, 11) is -4.03. The number of rotatable bonds is 13. The minimum atomic E-state index is -3.55. The van der Waals surface area contributed by atoms with Crippen molar-refractivity contribution in [1.29, 1.82) is 0 Å². The first-order valence-electron chi connectivity index (χ1n) is 21.2. The van der Waals surface area contributed by atoms with E-state index in [-0.39, 0.29) is 39.2 Å². The Morgan fingerprint density at radius 1 is 0.773 bits per heavy atom. The van der Waals surface area contributed by atoms with E-state index in [0.29, 0.717) is 50.5 Å². The number of nitrogens with one attached hydrogen (secondary N) is 2. The third kappa shape index (κ3) is 10.8. The Bertz CT molecular complexity index is 2920. The molecule has 3 amide bonds. The second-order valence-electron chi connectivity index (χ2n) is 15.7. The quantitative estimate of drug-likeness (QED) is 0.140. The fourth-order valence-electron chi connectivity index (χ4n) is 7.94. The molecule has 18 nitrogen and oxygen atoms in total. The monoisotopic (exact) mass is 938 g/mol. The van der Waals surface area contributed by atoms with Crippen LogP contribution in [-0.4, -0.2) is 112 Å². The van der Waals surface area contributed by atoms with E-state index in [4.69, 9.17) is 20.2 Å². The van der Waals surface area contributed by atoms with Crippen LogP contribution in [0.15, 0.2) is 107 Å². The molecule has 66 heavy (non-hydrogen) atoms. The first-order valence-corrected chi connectivity index (χ1v) is 24.1. The minimum absolute atomic E-state index is 0.0648. The summed E-state index contributed by atoms with van der Waals surface area (Å²) in [6.07, 6.45) is 3.90. The molecule has 4 N–H and O–H groups in total. The van der Waals surface area contributed by atoms with Gasteiger partial charge in [0.2, 0.25) is 5.91 Å². The number of hydrogen-bond acceptors (Lipinski definition) is 14. The number of imidazole rings is 1. The maximum Gasteiger partial charge on any atom is 0.309 e. The van der Waals surface area contributed by atoms with Gasteiger partial charge in [0, 0.05) is 38.6 Å². The molecule has 4 aromatic carbocycles. The zero-order valence-electron chi connectivity index (χ0n) is 36.4. The molecule has 20 heteroatoms. The summed E-state index contributed by atoms with van der Waals surface area (Å²) in [4.78, 5) is 61.0. The van der Waals surface area contributed by atoms with Gasteiger partial charge in [-0.05, 0) is 73.8 Å². The van der Waals surface area contributed by atoms with Crippen LogP contribution >= 0.6 is 0 Å². The lowest BCUT2D eigenvalue weighted by molar-refractivity contribution is -0.139. The number of amides is 3. The number of methoxy groups -OCH3 is 2. The number of nitrogen functional groups attached to an aromatic ring is 1. The zero-order valence-corrected chi connectivity index (χ0v) is 38.1. The van der Waals surface area contributed by atoms with E-state index >= 15 is 0 Å². The lowest BCUT2D eigenvalue weighted by atomic mass is 10.1. The van der Waals surface area contributed by atoms with Gasteiger partial charge in [-0.3, -0.25) is 24.1 Å². The van der Waals surface area contributed by atoms with Gasteiger partial charge in [-0.25, -0.2) is 36.2 Å². The normalized spacial score (nSPS) is 15.4. The van der Waals surface area contributed by atoms with Gasteiger partial charge in [0.1, 0.15) is 21.1 Å². The number of fused-ring (bicyclic) bond motifs is 5. The maximum absolute atomic E-state index is 13.5. The summed E-state index contributed by atoms with van der Waals surface area (Å²) < 4.78 is 60.7. The molecule has 5 heterocycles. The van der Waals surface area contributed by atoms with E-state index in [0.717, 1.165) is 65.7 Å². The van der Waals surface area contributed by atoms with Crippen LogP contribution in [0.25, 0.3) is 21.9 Å². The number of hydrogen-bond donors (Lipinski definition) is 3. The second kappa shape index (κ2) is 20.6. The molecule has 0 unspecified atom stereocenters. The Morgan fingerprint density at radius 3 is 1.94 bits per heavy atom. The number of benzene rings is 4. The van der Waals surface area contributed by atoms with Crippen LogP contribution in [0.4, 0.5) is 5.82 Å². The first-order chi connectivity index (χ1) is 31.7. The van der Waals surface area contributed by atoms with Crippen LogP contribution in [0.5, 0.6) is 0 Å². The van der Waals surface area contributed by atoms with Gasteiger partial charge in [0.05, 0.1) is 48.8 Å². The topological polar surface area (TPSA) is 242 Å². The van der Waals surface area contributed by atoms with E-state index in [1.54, 1.807) is 31.4 Å². The Morgan fingerprint density at radius 2 is 1.35 bits per heavy atom. The lowest BCUT2D eigenvalue weighted by Gasteiger charge is -2.26. The molecule has 9 rings (SSSR count). The fraction of sp³-hybridized carbons (Fsp3) is 0.304. The number of likely N-dealkylation sites (tertiary alicyclic amines) is 1. The number of pyridine rings is 1. The zero-order chi connectivity index (χ0) is 47.0. The Labute approximate surface area is 382 Å². The molecule has 0 atom stereocenters. The highest BCUT2D eigenvalue weighted by atomic mass is 32.2. The third-order valence-corrected chi connectivity index (χ3v) is 14.0. The molecule has 1 fully saturated rings. The molecule has 0 aliphatic carbocycles. The van der Waals surface area contributed by atoms with E-state index in [1.165, 1.54) is 31.4 Å². The fourth-order valence-corrected chi connectivity index (χ4v) is 10.3. The first kappa shape index (κ1) is 47.2. The van der Waals surface area contributed by atoms with Crippen LogP contribution < -0.4 is 15.2 Å². The number of nitrogens with two attached hydrogens (primary N) is 1. The molecule has 2 aromatic heterocycles. The number of sulfonamides is 2. The van der Waals surface area contributed by atoms with Gasteiger partial charge in [-0.2, -0.15) is 0 Å². The number of carbonyl (C=O) groups excluding carboxylic acids is 4. The van der Waals surface area contributed by atoms with Crippen molar-refractivity contribution in [1.82, 2.24) is 33.8 Å². The van der Waals surface area contributed by atoms with E-state index in [1.807, 2.05) is 56.8 Å². The predicted molar refractivity (Wildman–Crippen MR) is 245 cm³/mol. The molecule has 0 spiro atoms. The van der Waals surface area contributed by atoms with Crippen molar-refractivity contribution >= 4 is 71.5 Å². The van der Waals surface area contributed by atoms with Gasteiger partial charge in [0.15, 0.2) is 5.82 Å². The highest BCUT2D eigenvalue weighted by molar-refractivity contribution is 7.91. The van der Waals surface area contributed by atoms with Crippen molar-refractivity contribution in [2.45, 2.75) is 55.0 Å². The van der Waals surface area contributed by atoms with Crippen molar-refractivity contribution < 1.29 is 45.5 Å². The van der Waals surface area contributed by atoms with Crippen LogP contribution in [0.3, 0.4) is 0 Å². The summed E-state index contributed by atoms with van der Waals surface area (Å²) >= 11 is 0. The number of para-hydroxylation sites is 1. The van der Waals surface area contributed by atoms with Crippen molar-refractivity contribution in [2.75, 3.05) is 52.7 Å². The predicted octanol–water partition coefficient (Wildman–Crippen LogP) is 3.82. The average Bonchev–Trinajstić information content (AvgIpc) is 4.07. The van der Waals surface area contributed by atoms with Crippen LogP contribution in [-0.2, 0) is 65.0 Å². The molecular formula is C46H50N8O10S2. The Balaban J connectivity index is 0.000000216. The van der Waals surface area contributed by atoms with E-state index < -0.39 is 31.9 Å². The molecule has 0 radical (unpaired) electrons. The molecule has 3 aliphatic heterocycles. The highest BCUT2D eigenvalue weighted by Gasteiger charge is 2.32. The van der Waals surface area contributed by atoms with Gasteiger partial charge < -0.3 is 24.7 Å². The van der Waals surface area contributed by atoms with Crippen LogP contribution in [0.2, 0.25) is 0 Å². The number of aryl methyl sites for hydroxylation is 1. The SMILES string of the molecule is COCCc1nc2c(N)nc3ccccc3c2n1CCCN(Cc1ccc(CC(=O)OC)cc1)C(=O)CN1CCCC1.O=C1NS(=O)(=O)c2ccccc21.O=C1NS(=O)(=O)c2ccccc21. The molecule has 0 bridgehead atoms. The van der Waals surface area contributed by atoms with Gasteiger partial charge >= 0.3 is 5.97 Å². The smallest absolute Gasteiger partial charge is 0.309 e. The second-order valence-corrected chi connectivity index (χ2v) is 19.0. The van der Waals surface area contributed by atoms with Crippen LogP contribution in [0, 0.1) is 0 Å². The van der Waals surface area contributed by atoms with Crippen LogP contribution in [0.1, 0.15) is 56.9 Å². The molecule has 0 saturated carbocycles. The standard InChI is InChI=1S/C32H40N6O4.2C7H5NO3S/c1-41-19-14-27-35-30-31(25-8-3-4-9-26(25)34-32(30)33)38(27)18-7-17-37(28(39)22-36-15-5-6-16-36)21-24-12-10-23(11-13-24)20-29(40)42-2;2*9-7-5-3-1-2-4-6(5)12(10,11)8-7/h3-4,8-13H,5-7,14-22H2,1-2H3,(H2,33,34);2*1-4H,(H,8,9). The van der Waals surface area contributed by atoms with Crippen molar-refractivity contribution in [3.63, 3.8) is 0 Å². The number of aromatic nitrogens is 3. The van der Waals surface area contributed by atoms with Crippen molar-refractivity contribution in [3.05, 3.63) is 125 Å². The van der Waals surface area contributed by atoms with Gasteiger partial charge in [-0.15, -0.1) is 0 Å². The number of nitrogens with zero attached hydrogens (tertiary/aromatic N) is 5. The number of carbonyl (C=O) groups is 4. The largest absolute Gasteiger partial charge is 0.469 e. The maximum atomic E-state index is 13.5. The highest BCUT2D eigenvalue weighted by Crippen LogP contribution is 2.30.